The fourth-order valence-corrected chi connectivity index (χ4v) is 1.56. The Morgan fingerprint density at radius 3 is 2.83 bits per heavy atom. The van der Waals surface area contributed by atoms with Gasteiger partial charge in [0.05, 0.1) is 12.2 Å². The van der Waals surface area contributed by atoms with Gasteiger partial charge in [-0.15, -0.1) is 0 Å². The van der Waals surface area contributed by atoms with Crippen LogP contribution in [0.5, 0.6) is 0 Å². The summed E-state index contributed by atoms with van der Waals surface area (Å²) in [4.78, 5) is 8.89. The predicted octanol–water partition coefficient (Wildman–Crippen LogP) is 2.25. The van der Waals surface area contributed by atoms with Gasteiger partial charge in [0, 0.05) is 19.3 Å². The summed E-state index contributed by atoms with van der Waals surface area (Å²) in [5.41, 5.74) is 2.22. The summed E-state index contributed by atoms with van der Waals surface area (Å²) in [5.74, 6) is 0.871. The molecule has 0 radical (unpaired) electrons. The van der Waals surface area contributed by atoms with Crippen LogP contribution in [-0.2, 0) is 6.54 Å². The van der Waals surface area contributed by atoms with E-state index >= 15 is 0 Å². The predicted molar refractivity (Wildman–Crippen MR) is 76.7 cm³/mol. The zero-order chi connectivity index (χ0) is 13.2. The molecule has 0 amide bonds. The number of aryl methyl sites for hydroxylation is 1. The summed E-state index contributed by atoms with van der Waals surface area (Å²) in [6, 6.07) is 4.02. The molecule has 100 valence electrons. The van der Waals surface area contributed by atoms with E-state index < -0.39 is 0 Å². The first kappa shape index (κ1) is 14.5. The fourth-order valence-electron chi connectivity index (χ4n) is 1.56. The number of hydrogen-bond donors (Lipinski definition) is 2. The van der Waals surface area contributed by atoms with Gasteiger partial charge in [-0.05, 0) is 31.9 Å². The summed E-state index contributed by atoms with van der Waals surface area (Å²) < 4.78 is 0. The molecule has 1 heterocycles. The molecule has 0 saturated carbocycles. The van der Waals surface area contributed by atoms with Crippen molar-refractivity contribution >= 4 is 5.96 Å². The quantitative estimate of drug-likeness (QED) is 0.461. The maximum Gasteiger partial charge on any atom is 0.191 e. The van der Waals surface area contributed by atoms with E-state index in [1.807, 2.05) is 12.3 Å². The average molecular weight is 248 g/mol. The van der Waals surface area contributed by atoms with Crippen molar-refractivity contribution in [2.24, 2.45) is 4.99 Å². The highest BCUT2D eigenvalue weighted by molar-refractivity contribution is 5.79. The monoisotopic (exact) mass is 248 g/mol. The number of unbranched alkanes of at least 4 members (excludes halogenated alkanes) is 1. The number of guanidine groups is 1. The van der Waals surface area contributed by atoms with Gasteiger partial charge in [0.1, 0.15) is 0 Å². The lowest BCUT2D eigenvalue weighted by Crippen LogP contribution is -2.37. The molecule has 4 heteroatoms. The molecular formula is C14H24N4. The molecule has 0 unspecified atom stereocenters. The van der Waals surface area contributed by atoms with Crippen LogP contribution in [-0.4, -0.2) is 24.0 Å². The van der Waals surface area contributed by atoms with Crippen molar-refractivity contribution in [2.45, 2.75) is 40.2 Å². The molecule has 18 heavy (non-hydrogen) atoms. The van der Waals surface area contributed by atoms with E-state index in [1.165, 1.54) is 12.0 Å². The van der Waals surface area contributed by atoms with Crippen molar-refractivity contribution in [3.05, 3.63) is 29.6 Å². The van der Waals surface area contributed by atoms with Gasteiger partial charge in [0.15, 0.2) is 5.96 Å². The molecular weight excluding hydrogens is 224 g/mol. The van der Waals surface area contributed by atoms with Crippen molar-refractivity contribution in [1.29, 1.82) is 0 Å². The second-order valence-corrected chi connectivity index (χ2v) is 4.24. The summed E-state index contributed by atoms with van der Waals surface area (Å²) >= 11 is 0. The van der Waals surface area contributed by atoms with Crippen molar-refractivity contribution in [3.63, 3.8) is 0 Å². The number of nitrogens with zero attached hydrogens (tertiary/aromatic N) is 2. The van der Waals surface area contributed by atoms with Gasteiger partial charge >= 0.3 is 0 Å². The Bertz CT molecular complexity index is 374. The molecule has 0 bridgehead atoms. The fraction of sp³-hybridized carbons (Fsp3) is 0.571. The SMILES string of the molecule is CCCCNC(=NCc1ncccc1C)NCC. The number of rotatable bonds is 6. The van der Waals surface area contributed by atoms with Crippen LogP contribution in [0.2, 0.25) is 0 Å². The molecule has 0 aliphatic rings. The van der Waals surface area contributed by atoms with Gasteiger partial charge in [-0.1, -0.05) is 19.4 Å². The Kier molecular flexibility index (Phi) is 6.84. The van der Waals surface area contributed by atoms with E-state index in [2.05, 4.69) is 47.4 Å². The van der Waals surface area contributed by atoms with Gasteiger partial charge in [-0.25, -0.2) is 4.99 Å². The van der Waals surface area contributed by atoms with E-state index in [0.29, 0.717) is 6.54 Å². The molecule has 0 fully saturated rings. The van der Waals surface area contributed by atoms with E-state index in [-0.39, 0.29) is 0 Å². The Morgan fingerprint density at radius 1 is 1.33 bits per heavy atom. The highest BCUT2D eigenvalue weighted by Crippen LogP contribution is 2.04. The lowest BCUT2D eigenvalue weighted by atomic mass is 10.2. The maximum absolute atomic E-state index is 4.55. The third kappa shape index (κ3) is 5.17. The van der Waals surface area contributed by atoms with Gasteiger partial charge < -0.3 is 10.6 Å². The van der Waals surface area contributed by atoms with Crippen molar-refractivity contribution in [3.8, 4) is 0 Å². The number of aliphatic imine (C=N–C) groups is 1. The standard InChI is InChI=1S/C14H24N4/c1-4-6-9-17-14(15-5-2)18-11-13-12(3)8-7-10-16-13/h7-8,10H,4-6,9,11H2,1-3H3,(H2,15,17,18). The van der Waals surface area contributed by atoms with Crippen LogP contribution in [0.4, 0.5) is 0 Å². The van der Waals surface area contributed by atoms with E-state index in [9.17, 15) is 0 Å². The van der Waals surface area contributed by atoms with Crippen LogP contribution < -0.4 is 10.6 Å². The second-order valence-electron chi connectivity index (χ2n) is 4.24. The van der Waals surface area contributed by atoms with E-state index in [0.717, 1.165) is 31.2 Å². The first-order valence-electron chi connectivity index (χ1n) is 6.70. The Balaban J connectivity index is 2.56. The molecule has 1 aromatic heterocycles. The molecule has 4 nitrogen and oxygen atoms in total. The Morgan fingerprint density at radius 2 is 2.17 bits per heavy atom. The molecule has 0 aliphatic heterocycles. The molecule has 0 aromatic carbocycles. The van der Waals surface area contributed by atoms with E-state index in [4.69, 9.17) is 0 Å². The summed E-state index contributed by atoms with van der Waals surface area (Å²) in [7, 11) is 0. The van der Waals surface area contributed by atoms with Crippen LogP contribution in [0.25, 0.3) is 0 Å². The minimum atomic E-state index is 0.619. The molecule has 1 aromatic rings. The summed E-state index contributed by atoms with van der Waals surface area (Å²) in [6.07, 6.45) is 4.16. The number of nitrogens with one attached hydrogen (secondary N) is 2. The lowest BCUT2D eigenvalue weighted by Gasteiger charge is -2.10. The number of hydrogen-bond acceptors (Lipinski definition) is 2. The first-order valence-corrected chi connectivity index (χ1v) is 6.70. The molecule has 2 N–H and O–H groups in total. The third-order valence-electron chi connectivity index (χ3n) is 2.67. The largest absolute Gasteiger partial charge is 0.357 e. The molecule has 0 saturated heterocycles. The first-order chi connectivity index (χ1) is 8.77. The number of pyridine rings is 1. The topological polar surface area (TPSA) is 49.3 Å². The van der Waals surface area contributed by atoms with Crippen molar-refractivity contribution < 1.29 is 0 Å². The minimum Gasteiger partial charge on any atom is -0.357 e. The zero-order valence-electron chi connectivity index (χ0n) is 11.7. The van der Waals surface area contributed by atoms with Crippen LogP contribution in [0, 0.1) is 6.92 Å². The van der Waals surface area contributed by atoms with E-state index in [1.54, 1.807) is 0 Å². The normalized spacial score (nSPS) is 11.4. The molecule has 0 atom stereocenters. The molecule has 1 rings (SSSR count). The van der Waals surface area contributed by atoms with Crippen LogP contribution in [0.15, 0.2) is 23.3 Å². The highest BCUT2D eigenvalue weighted by Gasteiger charge is 1.99. The maximum atomic E-state index is 4.55. The third-order valence-corrected chi connectivity index (χ3v) is 2.67. The van der Waals surface area contributed by atoms with Gasteiger partial charge in [-0.3, -0.25) is 4.98 Å². The van der Waals surface area contributed by atoms with Crippen LogP contribution in [0.1, 0.15) is 37.9 Å². The average Bonchev–Trinajstić information content (AvgIpc) is 2.38. The smallest absolute Gasteiger partial charge is 0.191 e. The van der Waals surface area contributed by atoms with Gasteiger partial charge in [0.25, 0.3) is 0 Å². The van der Waals surface area contributed by atoms with Gasteiger partial charge in [-0.2, -0.15) is 0 Å². The Labute approximate surface area is 110 Å². The number of aromatic nitrogens is 1. The van der Waals surface area contributed by atoms with Crippen LogP contribution in [0.3, 0.4) is 0 Å². The summed E-state index contributed by atoms with van der Waals surface area (Å²) in [6.45, 7) is 8.78. The zero-order valence-corrected chi connectivity index (χ0v) is 11.7. The molecule has 0 aliphatic carbocycles. The van der Waals surface area contributed by atoms with Crippen molar-refractivity contribution in [2.75, 3.05) is 13.1 Å². The highest BCUT2D eigenvalue weighted by atomic mass is 15.2. The molecule has 0 spiro atoms. The Hall–Kier alpha value is -1.58. The summed E-state index contributed by atoms with van der Waals surface area (Å²) in [5, 5.41) is 6.56. The second kappa shape index (κ2) is 8.50. The van der Waals surface area contributed by atoms with Crippen LogP contribution >= 0.6 is 0 Å². The lowest BCUT2D eigenvalue weighted by molar-refractivity contribution is 0.729. The minimum absolute atomic E-state index is 0.619. The van der Waals surface area contributed by atoms with Crippen molar-refractivity contribution in [1.82, 2.24) is 15.6 Å². The van der Waals surface area contributed by atoms with Gasteiger partial charge in [0.2, 0.25) is 0 Å².